The second kappa shape index (κ2) is 6.39. The van der Waals surface area contributed by atoms with E-state index in [4.69, 9.17) is 5.11 Å². The molecule has 0 saturated carbocycles. The van der Waals surface area contributed by atoms with Crippen molar-refractivity contribution in [2.45, 2.75) is 19.9 Å². The van der Waals surface area contributed by atoms with E-state index in [1.54, 1.807) is 12.4 Å². The van der Waals surface area contributed by atoms with Gasteiger partial charge in [-0.05, 0) is 22.4 Å². The van der Waals surface area contributed by atoms with Crippen LogP contribution in [0.15, 0.2) is 16.9 Å². The Labute approximate surface area is 107 Å². The second-order valence-corrected chi connectivity index (χ2v) is 4.48. The molecule has 7 heteroatoms. The Hall–Kier alpha value is -1.37. The minimum absolute atomic E-state index is 0.0544. The van der Waals surface area contributed by atoms with Gasteiger partial charge in [-0.15, -0.1) is 0 Å². The monoisotopic (exact) mass is 303 g/mol. The molecule has 1 amide bonds. The molecule has 94 valence electrons. The van der Waals surface area contributed by atoms with E-state index in [1.165, 1.54) is 9.58 Å². The van der Waals surface area contributed by atoms with Crippen molar-refractivity contribution >= 4 is 27.8 Å². The highest BCUT2D eigenvalue weighted by Gasteiger charge is 2.16. The minimum Gasteiger partial charge on any atom is -0.480 e. The molecule has 0 radical (unpaired) electrons. The van der Waals surface area contributed by atoms with Crippen molar-refractivity contribution in [3.63, 3.8) is 0 Å². The van der Waals surface area contributed by atoms with Crippen LogP contribution in [0.5, 0.6) is 0 Å². The van der Waals surface area contributed by atoms with Crippen molar-refractivity contribution in [3.05, 3.63) is 16.9 Å². The summed E-state index contributed by atoms with van der Waals surface area (Å²) in [5, 5.41) is 12.7. The number of amides is 1. The Morgan fingerprint density at radius 1 is 1.59 bits per heavy atom. The lowest BCUT2D eigenvalue weighted by Gasteiger charge is -2.19. The molecule has 0 aliphatic rings. The summed E-state index contributed by atoms with van der Waals surface area (Å²) < 4.78 is 2.25. The SMILES string of the molecule is CCCN(CC(=O)O)C(=O)Cn1cc(Br)cn1. The van der Waals surface area contributed by atoms with Crippen LogP contribution in [-0.2, 0) is 16.1 Å². The van der Waals surface area contributed by atoms with Crippen molar-refractivity contribution < 1.29 is 14.7 Å². The lowest BCUT2D eigenvalue weighted by atomic mass is 10.3. The number of halogens is 1. The predicted octanol–water partition coefficient (Wildman–Crippen LogP) is 0.969. The number of aliphatic carboxylic acids is 1. The number of nitrogens with zero attached hydrogens (tertiary/aromatic N) is 3. The number of carbonyl (C=O) groups is 2. The second-order valence-electron chi connectivity index (χ2n) is 3.57. The van der Waals surface area contributed by atoms with Crippen LogP contribution in [-0.4, -0.2) is 44.8 Å². The number of carboxylic acids is 1. The molecule has 0 aliphatic carbocycles. The molecule has 1 aromatic heterocycles. The molecule has 1 rings (SSSR count). The fraction of sp³-hybridized carbons (Fsp3) is 0.500. The third-order valence-electron chi connectivity index (χ3n) is 2.07. The third kappa shape index (κ3) is 4.56. The van der Waals surface area contributed by atoms with E-state index in [1.807, 2.05) is 6.92 Å². The molecular weight excluding hydrogens is 290 g/mol. The van der Waals surface area contributed by atoms with Gasteiger partial charge in [-0.1, -0.05) is 6.92 Å². The highest BCUT2D eigenvalue weighted by molar-refractivity contribution is 9.10. The molecule has 0 fully saturated rings. The van der Waals surface area contributed by atoms with E-state index >= 15 is 0 Å². The summed E-state index contributed by atoms with van der Waals surface area (Å²) in [6.07, 6.45) is 3.97. The van der Waals surface area contributed by atoms with Crippen molar-refractivity contribution in [3.8, 4) is 0 Å². The average molecular weight is 304 g/mol. The molecule has 0 atom stereocenters. The van der Waals surface area contributed by atoms with E-state index in [-0.39, 0.29) is 19.0 Å². The molecule has 0 saturated heterocycles. The smallest absolute Gasteiger partial charge is 0.323 e. The van der Waals surface area contributed by atoms with Gasteiger partial charge in [0.1, 0.15) is 13.1 Å². The van der Waals surface area contributed by atoms with E-state index in [2.05, 4.69) is 21.0 Å². The Kier molecular flexibility index (Phi) is 5.14. The molecule has 1 aromatic rings. The van der Waals surface area contributed by atoms with Crippen molar-refractivity contribution in [1.82, 2.24) is 14.7 Å². The Bertz CT molecular complexity index is 405. The number of hydrogen-bond acceptors (Lipinski definition) is 3. The van der Waals surface area contributed by atoms with Gasteiger partial charge in [0.15, 0.2) is 0 Å². The van der Waals surface area contributed by atoms with Crippen molar-refractivity contribution in [2.24, 2.45) is 0 Å². The van der Waals surface area contributed by atoms with Gasteiger partial charge in [-0.2, -0.15) is 5.10 Å². The average Bonchev–Trinajstić information content (AvgIpc) is 2.62. The van der Waals surface area contributed by atoms with Crippen LogP contribution in [0.25, 0.3) is 0 Å². The molecule has 6 nitrogen and oxygen atoms in total. The maximum Gasteiger partial charge on any atom is 0.323 e. The number of carbonyl (C=O) groups excluding carboxylic acids is 1. The first kappa shape index (κ1) is 13.7. The van der Waals surface area contributed by atoms with Gasteiger partial charge < -0.3 is 10.0 Å². The lowest BCUT2D eigenvalue weighted by molar-refractivity contribution is -0.144. The van der Waals surface area contributed by atoms with Gasteiger partial charge >= 0.3 is 5.97 Å². The molecule has 0 unspecified atom stereocenters. The summed E-state index contributed by atoms with van der Waals surface area (Å²) in [5.74, 6) is -1.25. The highest BCUT2D eigenvalue weighted by Crippen LogP contribution is 2.06. The first-order valence-corrected chi connectivity index (χ1v) is 5.99. The van der Waals surface area contributed by atoms with Gasteiger partial charge in [-0.25, -0.2) is 0 Å². The highest BCUT2D eigenvalue weighted by atomic mass is 79.9. The normalized spacial score (nSPS) is 10.2. The molecule has 0 aliphatic heterocycles. The maximum absolute atomic E-state index is 11.8. The minimum atomic E-state index is -1.01. The molecular formula is C10H14BrN3O3. The number of hydrogen-bond donors (Lipinski definition) is 1. The zero-order valence-corrected chi connectivity index (χ0v) is 11.1. The summed E-state index contributed by atoms with van der Waals surface area (Å²) in [7, 11) is 0. The van der Waals surface area contributed by atoms with Crippen LogP contribution in [0.1, 0.15) is 13.3 Å². The molecule has 0 aromatic carbocycles. The maximum atomic E-state index is 11.8. The van der Waals surface area contributed by atoms with Crippen LogP contribution in [0.2, 0.25) is 0 Å². The van der Waals surface area contributed by atoms with Gasteiger partial charge in [-0.3, -0.25) is 14.3 Å². The van der Waals surface area contributed by atoms with Gasteiger partial charge in [0.25, 0.3) is 0 Å². The van der Waals surface area contributed by atoms with Gasteiger partial charge in [0.05, 0.1) is 10.7 Å². The fourth-order valence-electron chi connectivity index (χ4n) is 1.39. The number of aromatic nitrogens is 2. The third-order valence-corrected chi connectivity index (χ3v) is 2.48. The summed E-state index contributed by atoms with van der Waals surface area (Å²) in [4.78, 5) is 23.8. The number of rotatable bonds is 6. The molecule has 0 spiro atoms. The Balaban J connectivity index is 2.61. The molecule has 17 heavy (non-hydrogen) atoms. The Morgan fingerprint density at radius 2 is 2.29 bits per heavy atom. The summed E-state index contributed by atoms with van der Waals surface area (Å²) in [6, 6.07) is 0. The molecule has 0 bridgehead atoms. The molecule has 1 N–H and O–H groups in total. The summed E-state index contributed by atoms with van der Waals surface area (Å²) in [6.45, 7) is 2.12. The zero-order valence-electron chi connectivity index (χ0n) is 9.47. The predicted molar refractivity (Wildman–Crippen MR) is 64.4 cm³/mol. The first-order valence-electron chi connectivity index (χ1n) is 5.20. The fourth-order valence-corrected chi connectivity index (χ4v) is 1.72. The largest absolute Gasteiger partial charge is 0.480 e. The quantitative estimate of drug-likeness (QED) is 0.849. The summed E-state index contributed by atoms with van der Waals surface area (Å²) >= 11 is 3.23. The van der Waals surface area contributed by atoms with E-state index in [0.717, 1.165) is 10.9 Å². The van der Waals surface area contributed by atoms with Gasteiger partial charge in [0, 0.05) is 12.7 Å². The van der Waals surface area contributed by atoms with Crippen LogP contribution >= 0.6 is 15.9 Å². The van der Waals surface area contributed by atoms with Crippen LogP contribution in [0.4, 0.5) is 0 Å². The van der Waals surface area contributed by atoms with Gasteiger partial charge in [0.2, 0.25) is 5.91 Å². The van der Waals surface area contributed by atoms with Crippen LogP contribution < -0.4 is 0 Å². The van der Waals surface area contributed by atoms with Crippen LogP contribution in [0, 0.1) is 0 Å². The van der Waals surface area contributed by atoms with E-state index < -0.39 is 5.97 Å². The van der Waals surface area contributed by atoms with Crippen molar-refractivity contribution in [2.75, 3.05) is 13.1 Å². The standard InChI is InChI=1S/C10H14BrN3O3/c1-2-3-13(7-10(16)17)9(15)6-14-5-8(11)4-12-14/h4-5H,2-3,6-7H2,1H3,(H,16,17). The zero-order chi connectivity index (χ0) is 12.8. The molecule has 1 heterocycles. The van der Waals surface area contributed by atoms with Crippen molar-refractivity contribution in [1.29, 1.82) is 0 Å². The lowest BCUT2D eigenvalue weighted by Crippen LogP contribution is -2.38. The van der Waals surface area contributed by atoms with E-state index in [0.29, 0.717) is 6.54 Å². The first-order chi connectivity index (χ1) is 8.02. The van der Waals surface area contributed by atoms with E-state index in [9.17, 15) is 9.59 Å². The summed E-state index contributed by atoms with van der Waals surface area (Å²) in [5.41, 5.74) is 0. The van der Waals surface area contributed by atoms with Crippen LogP contribution in [0.3, 0.4) is 0 Å². The Morgan fingerprint density at radius 3 is 2.76 bits per heavy atom. The topological polar surface area (TPSA) is 75.4 Å². The number of carboxylic acid groups (broad SMARTS) is 1.